The predicted molar refractivity (Wildman–Crippen MR) is 115 cm³/mol. The molecule has 138 valence electrons. The first-order valence-corrected chi connectivity index (χ1v) is 9.81. The molecule has 0 fully saturated rings. The number of rotatable bonds is 4. The molecule has 0 spiro atoms. The van der Waals surface area contributed by atoms with Crippen molar-refractivity contribution in [1.82, 2.24) is 14.5 Å². The van der Waals surface area contributed by atoms with Crippen molar-refractivity contribution >= 4 is 33.0 Å². The molecule has 0 amide bonds. The van der Waals surface area contributed by atoms with Gasteiger partial charge in [0.05, 0.1) is 15.7 Å². The molecule has 2 aromatic heterocycles. The number of unbranched alkanes of at least 4 members (excludes halogenated alkanes) is 1. The second-order valence-electron chi connectivity index (χ2n) is 7.33. The summed E-state index contributed by atoms with van der Waals surface area (Å²) >= 11 is 3.79. The number of aliphatic imine (C=N–C) groups is 1. The van der Waals surface area contributed by atoms with E-state index in [9.17, 15) is 0 Å². The lowest BCUT2D eigenvalue weighted by Gasteiger charge is -2.10. The molecule has 1 aromatic carbocycles. The zero-order chi connectivity index (χ0) is 19.3. The first-order valence-electron chi connectivity index (χ1n) is 9.01. The van der Waals surface area contributed by atoms with E-state index in [0.29, 0.717) is 0 Å². The van der Waals surface area contributed by atoms with E-state index >= 15 is 0 Å². The Morgan fingerprint density at radius 3 is 2.67 bits per heavy atom. The molecule has 27 heavy (non-hydrogen) atoms. The fourth-order valence-electron chi connectivity index (χ4n) is 2.75. The highest BCUT2D eigenvalue weighted by Gasteiger charge is 2.14. The van der Waals surface area contributed by atoms with Crippen LogP contribution in [0.5, 0.6) is 0 Å². The van der Waals surface area contributed by atoms with Gasteiger partial charge in [0.15, 0.2) is 0 Å². The maximum Gasteiger partial charge on any atom is 0.115 e. The molecule has 0 N–H and O–H groups in total. The van der Waals surface area contributed by atoms with Gasteiger partial charge in [-0.25, -0.2) is 9.97 Å². The molecule has 0 unspecified atom stereocenters. The Bertz CT molecular complexity index is 1000. The molecule has 5 heteroatoms. The van der Waals surface area contributed by atoms with E-state index in [1.807, 2.05) is 6.21 Å². The van der Waals surface area contributed by atoms with Crippen LogP contribution in [0.2, 0.25) is 0 Å². The van der Waals surface area contributed by atoms with Crippen LogP contribution in [-0.4, -0.2) is 26.3 Å². The van der Waals surface area contributed by atoms with Crippen LogP contribution in [-0.2, 0) is 6.54 Å². The monoisotopic (exact) mass is 422 g/mol. The third-order valence-electron chi connectivity index (χ3n) is 4.00. The Hall–Kier alpha value is -2.45. The summed E-state index contributed by atoms with van der Waals surface area (Å²) in [5, 5.41) is 1.21. The highest BCUT2D eigenvalue weighted by atomic mass is 79.9. The van der Waals surface area contributed by atoms with Crippen molar-refractivity contribution < 1.29 is 0 Å². The molecule has 0 saturated carbocycles. The molecule has 2 heterocycles. The zero-order valence-corrected chi connectivity index (χ0v) is 17.5. The summed E-state index contributed by atoms with van der Waals surface area (Å²) < 4.78 is 3.37. The Morgan fingerprint density at radius 2 is 1.93 bits per heavy atom. The number of hydrogen-bond donors (Lipinski definition) is 0. The van der Waals surface area contributed by atoms with Gasteiger partial charge in [0.25, 0.3) is 0 Å². The summed E-state index contributed by atoms with van der Waals surface area (Å²) in [4.78, 5) is 12.6. The van der Waals surface area contributed by atoms with Crippen LogP contribution < -0.4 is 0 Å². The number of aryl methyl sites for hydroxylation is 1. The van der Waals surface area contributed by atoms with Gasteiger partial charge in [-0.2, -0.15) is 0 Å². The average molecular weight is 423 g/mol. The predicted octanol–water partition coefficient (Wildman–Crippen LogP) is 5.24. The van der Waals surface area contributed by atoms with Gasteiger partial charge in [0, 0.05) is 48.0 Å². The summed E-state index contributed by atoms with van der Waals surface area (Å²) in [6.45, 7) is 7.21. The van der Waals surface area contributed by atoms with Crippen molar-refractivity contribution in [2.45, 2.75) is 45.7 Å². The molecule has 0 saturated heterocycles. The first kappa shape index (κ1) is 19.3. The van der Waals surface area contributed by atoms with Crippen molar-refractivity contribution in [3.05, 3.63) is 58.7 Å². The minimum absolute atomic E-state index is 0.0978. The van der Waals surface area contributed by atoms with Crippen LogP contribution in [0.3, 0.4) is 0 Å². The van der Waals surface area contributed by atoms with Crippen LogP contribution in [0.15, 0.2) is 52.6 Å². The SMILES string of the molecule is CC(C)(C)N=Cc1c(Br)n(CCCC#Cc2cncnc2)c2ccccc12. The number of aromatic nitrogens is 3. The third kappa shape index (κ3) is 5.05. The normalized spacial score (nSPS) is 11.7. The minimum atomic E-state index is -0.0978. The van der Waals surface area contributed by atoms with Crippen LogP contribution >= 0.6 is 15.9 Å². The minimum Gasteiger partial charge on any atom is -0.335 e. The highest BCUT2D eigenvalue weighted by Crippen LogP contribution is 2.30. The lowest BCUT2D eigenvalue weighted by Crippen LogP contribution is -2.09. The largest absolute Gasteiger partial charge is 0.335 e. The van der Waals surface area contributed by atoms with Gasteiger partial charge in [-0.1, -0.05) is 30.0 Å². The molecule has 0 aliphatic carbocycles. The number of hydrogen-bond acceptors (Lipinski definition) is 3. The van der Waals surface area contributed by atoms with Gasteiger partial charge in [0.2, 0.25) is 0 Å². The number of para-hydroxylation sites is 1. The van der Waals surface area contributed by atoms with E-state index in [1.54, 1.807) is 12.4 Å². The summed E-state index contributed by atoms with van der Waals surface area (Å²) in [6.07, 6.45) is 8.75. The number of benzene rings is 1. The standard InChI is InChI=1S/C22H23BrN4/c1-22(2,3)26-15-19-18-10-6-7-11-20(18)27(21(19)23)12-8-4-5-9-17-13-24-16-25-14-17/h6-7,10-11,13-16H,4,8,12H2,1-3H3. The molecule has 4 nitrogen and oxygen atoms in total. The molecule has 0 aliphatic rings. The van der Waals surface area contributed by atoms with Gasteiger partial charge in [-0.05, 0) is 49.2 Å². The molecule has 3 rings (SSSR count). The second kappa shape index (κ2) is 8.49. The number of fused-ring (bicyclic) bond motifs is 1. The van der Waals surface area contributed by atoms with Crippen LogP contribution in [0.25, 0.3) is 10.9 Å². The summed E-state index contributed by atoms with van der Waals surface area (Å²) in [5.74, 6) is 6.31. The quantitative estimate of drug-likeness (QED) is 0.327. The van der Waals surface area contributed by atoms with Gasteiger partial charge in [-0.3, -0.25) is 4.99 Å². The van der Waals surface area contributed by atoms with E-state index in [-0.39, 0.29) is 5.54 Å². The molecule has 0 radical (unpaired) electrons. The maximum absolute atomic E-state index is 4.69. The lowest BCUT2D eigenvalue weighted by atomic mass is 10.1. The van der Waals surface area contributed by atoms with Crippen LogP contribution in [0.1, 0.15) is 44.7 Å². The van der Waals surface area contributed by atoms with Gasteiger partial charge < -0.3 is 4.57 Å². The van der Waals surface area contributed by atoms with Gasteiger partial charge in [0.1, 0.15) is 6.33 Å². The molecule has 3 aromatic rings. The van der Waals surface area contributed by atoms with E-state index < -0.39 is 0 Å². The summed E-state index contributed by atoms with van der Waals surface area (Å²) in [5.41, 5.74) is 3.10. The fourth-order valence-corrected chi connectivity index (χ4v) is 3.44. The van der Waals surface area contributed by atoms with Crippen LogP contribution in [0, 0.1) is 11.8 Å². The second-order valence-corrected chi connectivity index (χ2v) is 8.09. The van der Waals surface area contributed by atoms with Crippen molar-refractivity contribution in [3.63, 3.8) is 0 Å². The lowest BCUT2D eigenvalue weighted by molar-refractivity contribution is 0.586. The highest BCUT2D eigenvalue weighted by molar-refractivity contribution is 9.10. The fraction of sp³-hybridized carbons (Fsp3) is 0.318. The van der Waals surface area contributed by atoms with E-state index in [2.05, 4.69) is 87.3 Å². The van der Waals surface area contributed by atoms with Gasteiger partial charge >= 0.3 is 0 Å². The van der Waals surface area contributed by atoms with Gasteiger partial charge in [-0.15, -0.1) is 0 Å². The molecule has 0 bridgehead atoms. The molecular formula is C22H23BrN4. The molecule has 0 atom stereocenters. The van der Waals surface area contributed by atoms with E-state index in [1.165, 1.54) is 17.2 Å². The van der Waals surface area contributed by atoms with E-state index in [4.69, 9.17) is 4.99 Å². The Labute approximate surface area is 168 Å². The zero-order valence-electron chi connectivity index (χ0n) is 15.9. The molecular weight excluding hydrogens is 400 g/mol. The summed E-state index contributed by atoms with van der Waals surface area (Å²) in [6, 6.07) is 8.45. The van der Waals surface area contributed by atoms with Crippen molar-refractivity contribution in [2.24, 2.45) is 4.99 Å². The average Bonchev–Trinajstić information content (AvgIpc) is 2.91. The number of nitrogens with zero attached hydrogens (tertiary/aromatic N) is 4. The van der Waals surface area contributed by atoms with Crippen LogP contribution in [0.4, 0.5) is 0 Å². The Kier molecular flexibility index (Phi) is 6.08. The summed E-state index contributed by atoms with van der Waals surface area (Å²) in [7, 11) is 0. The van der Waals surface area contributed by atoms with E-state index in [0.717, 1.165) is 35.1 Å². The first-order chi connectivity index (χ1) is 13.0. The van der Waals surface area contributed by atoms with Crippen molar-refractivity contribution in [1.29, 1.82) is 0 Å². The maximum atomic E-state index is 4.69. The van der Waals surface area contributed by atoms with Crippen molar-refractivity contribution in [3.8, 4) is 11.8 Å². The van der Waals surface area contributed by atoms with Crippen molar-refractivity contribution in [2.75, 3.05) is 0 Å². The Morgan fingerprint density at radius 1 is 1.19 bits per heavy atom. The topological polar surface area (TPSA) is 43.1 Å². The Balaban J connectivity index is 1.78. The number of halogens is 1. The third-order valence-corrected chi connectivity index (χ3v) is 4.86. The smallest absolute Gasteiger partial charge is 0.115 e. The molecule has 0 aliphatic heterocycles.